The number of carbonyl (C=O) groups excluding carboxylic acids is 3. The van der Waals surface area contributed by atoms with Crippen LogP contribution in [0.15, 0.2) is 35.8 Å². The van der Waals surface area contributed by atoms with E-state index in [0.29, 0.717) is 17.0 Å². The average Bonchev–Trinajstić information content (AvgIpc) is 3.37. The number of esters is 1. The summed E-state index contributed by atoms with van der Waals surface area (Å²) in [6, 6.07) is 6.68. The molecule has 2 heterocycles. The summed E-state index contributed by atoms with van der Waals surface area (Å²) < 4.78 is 5.90. The normalized spacial score (nSPS) is 22.6. The van der Waals surface area contributed by atoms with E-state index in [9.17, 15) is 14.4 Å². The summed E-state index contributed by atoms with van der Waals surface area (Å²) >= 11 is 1.34. The van der Waals surface area contributed by atoms with Crippen LogP contribution in [0, 0.1) is 11.8 Å². The van der Waals surface area contributed by atoms with Gasteiger partial charge in [-0.2, -0.15) is 0 Å². The standard InChI is InChI=1S/C28H39N3O4S/c1-17(2)15-28(25(34)35-27(6,7)8)16-20(22(29)32)21(23-30-13-14-36-23)31(28)24(33)18-9-11-19(12-10-18)26(3,4)5/h9-14,17,20-21H,15-16H2,1-8H3,(H2,29,32). The van der Waals surface area contributed by atoms with E-state index < -0.39 is 35.0 Å². The minimum atomic E-state index is -1.36. The van der Waals surface area contributed by atoms with Gasteiger partial charge in [-0.25, -0.2) is 9.78 Å². The maximum absolute atomic E-state index is 14.3. The summed E-state index contributed by atoms with van der Waals surface area (Å²) in [6.07, 6.45) is 2.06. The Morgan fingerprint density at radius 2 is 1.75 bits per heavy atom. The number of nitrogens with two attached hydrogens (primary N) is 1. The third-order valence-electron chi connectivity index (χ3n) is 6.49. The Kier molecular flexibility index (Phi) is 7.70. The number of rotatable bonds is 6. The zero-order valence-corrected chi connectivity index (χ0v) is 23.4. The predicted molar refractivity (Wildman–Crippen MR) is 141 cm³/mol. The molecule has 3 rings (SSSR count). The highest BCUT2D eigenvalue weighted by atomic mass is 32.1. The molecule has 1 aromatic heterocycles. The monoisotopic (exact) mass is 513 g/mol. The van der Waals surface area contributed by atoms with E-state index in [1.54, 1.807) is 49.4 Å². The van der Waals surface area contributed by atoms with E-state index in [2.05, 4.69) is 25.8 Å². The third kappa shape index (κ3) is 5.64. The minimum Gasteiger partial charge on any atom is -0.458 e. The fourth-order valence-corrected chi connectivity index (χ4v) is 5.80. The Hall–Kier alpha value is -2.74. The van der Waals surface area contributed by atoms with Crippen molar-refractivity contribution >= 4 is 29.1 Å². The molecule has 2 N–H and O–H groups in total. The third-order valence-corrected chi connectivity index (χ3v) is 7.34. The first kappa shape index (κ1) is 27.8. The van der Waals surface area contributed by atoms with Crippen molar-refractivity contribution in [1.82, 2.24) is 9.88 Å². The van der Waals surface area contributed by atoms with Gasteiger partial charge in [-0.15, -0.1) is 11.3 Å². The van der Waals surface area contributed by atoms with E-state index in [0.717, 1.165) is 5.56 Å². The highest BCUT2D eigenvalue weighted by Crippen LogP contribution is 2.51. The van der Waals surface area contributed by atoms with E-state index in [4.69, 9.17) is 10.5 Å². The highest BCUT2D eigenvalue weighted by Gasteiger charge is 2.62. The first-order valence-corrected chi connectivity index (χ1v) is 13.3. The number of hydrogen-bond donors (Lipinski definition) is 1. The lowest BCUT2D eigenvalue weighted by molar-refractivity contribution is -0.168. The summed E-state index contributed by atoms with van der Waals surface area (Å²) in [5.41, 5.74) is 5.21. The fourth-order valence-electron chi connectivity index (χ4n) is 5.01. The van der Waals surface area contributed by atoms with Gasteiger partial charge in [0.2, 0.25) is 5.91 Å². The van der Waals surface area contributed by atoms with Crippen LogP contribution in [0.4, 0.5) is 0 Å². The topological polar surface area (TPSA) is 103 Å². The molecule has 1 fully saturated rings. The van der Waals surface area contributed by atoms with Crippen molar-refractivity contribution in [2.45, 2.75) is 90.8 Å². The van der Waals surface area contributed by atoms with Gasteiger partial charge in [0, 0.05) is 17.1 Å². The largest absolute Gasteiger partial charge is 0.458 e. The average molecular weight is 514 g/mol. The Balaban J connectivity index is 2.23. The Labute approximate surface area is 218 Å². The zero-order valence-electron chi connectivity index (χ0n) is 22.6. The van der Waals surface area contributed by atoms with Gasteiger partial charge in [0.25, 0.3) is 5.91 Å². The molecule has 0 radical (unpaired) electrons. The van der Waals surface area contributed by atoms with Crippen LogP contribution in [0.25, 0.3) is 0 Å². The Bertz CT molecular complexity index is 1100. The summed E-state index contributed by atoms with van der Waals surface area (Å²) in [5, 5.41) is 2.37. The molecule has 1 aromatic carbocycles. The van der Waals surface area contributed by atoms with Gasteiger partial charge in [-0.3, -0.25) is 9.59 Å². The van der Waals surface area contributed by atoms with Gasteiger partial charge in [0.1, 0.15) is 16.1 Å². The predicted octanol–water partition coefficient (Wildman–Crippen LogP) is 5.26. The molecule has 3 unspecified atom stereocenters. The molecule has 2 amide bonds. The van der Waals surface area contributed by atoms with Crippen LogP contribution in [0.3, 0.4) is 0 Å². The molecule has 36 heavy (non-hydrogen) atoms. The molecule has 8 heteroatoms. The van der Waals surface area contributed by atoms with Gasteiger partial charge in [0.15, 0.2) is 0 Å². The summed E-state index contributed by atoms with van der Waals surface area (Å²) in [4.78, 5) is 47.0. The molecule has 1 aliphatic heterocycles. The summed E-state index contributed by atoms with van der Waals surface area (Å²) in [6.45, 7) is 15.7. The maximum atomic E-state index is 14.3. The molecule has 3 atom stereocenters. The molecule has 196 valence electrons. The number of thiazole rings is 1. The Morgan fingerprint density at radius 3 is 2.19 bits per heavy atom. The van der Waals surface area contributed by atoms with Gasteiger partial charge in [-0.05, 0) is 62.6 Å². The van der Waals surface area contributed by atoms with Crippen molar-refractivity contribution in [1.29, 1.82) is 0 Å². The molecular formula is C28H39N3O4S. The van der Waals surface area contributed by atoms with E-state index in [1.807, 2.05) is 26.0 Å². The number of carbonyl (C=O) groups is 3. The van der Waals surface area contributed by atoms with Crippen molar-refractivity contribution in [3.8, 4) is 0 Å². The molecule has 0 bridgehead atoms. The van der Waals surface area contributed by atoms with Crippen LogP contribution in [0.5, 0.6) is 0 Å². The number of primary amides is 1. The highest BCUT2D eigenvalue weighted by molar-refractivity contribution is 7.09. The molecule has 7 nitrogen and oxygen atoms in total. The molecule has 0 saturated carbocycles. The fraction of sp³-hybridized carbons (Fsp3) is 0.571. The summed E-state index contributed by atoms with van der Waals surface area (Å²) in [7, 11) is 0. The van der Waals surface area contributed by atoms with Crippen LogP contribution in [-0.4, -0.2) is 38.8 Å². The molecule has 1 aliphatic rings. The van der Waals surface area contributed by atoms with Crippen molar-refractivity contribution in [2.75, 3.05) is 0 Å². The lowest BCUT2D eigenvalue weighted by Gasteiger charge is -2.41. The smallest absolute Gasteiger partial charge is 0.332 e. The van der Waals surface area contributed by atoms with Crippen molar-refractivity contribution in [2.24, 2.45) is 17.6 Å². The van der Waals surface area contributed by atoms with Crippen molar-refractivity contribution in [3.05, 3.63) is 52.0 Å². The van der Waals surface area contributed by atoms with Gasteiger partial charge < -0.3 is 15.4 Å². The van der Waals surface area contributed by atoms with Gasteiger partial charge >= 0.3 is 5.97 Å². The molecular weight excluding hydrogens is 474 g/mol. The number of amides is 2. The molecule has 0 spiro atoms. The molecule has 1 saturated heterocycles. The van der Waals surface area contributed by atoms with Crippen LogP contribution in [-0.2, 0) is 19.7 Å². The lowest BCUT2D eigenvalue weighted by Crippen LogP contribution is -2.56. The number of likely N-dealkylation sites (tertiary alicyclic amines) is 1. The quantitative estimate of drug-likeness (QED) is 0.531. The maximum Gasteiger partial charge on any atom is 0.332 e. The second-order valence-electron chi connectivity index (χ2n) is 12.2. The number of ether oxygens (including phenoxy) is 1. The van der Waals surface area contributed by atoms with E-state index in [-0.39, 0.29) is 23.7 Å². The van der Waals surface area contributed by atoms with Crippen LogP contribution in [0.1, 0.15) is 95.2 Å². The molecule has 0 aliphatic carbocycles. The SMILES string of the molecule is CC(C)CC1(C(=O)OC(C)(C)C)CC(C(N)=O)C(c2nccs2)N1C(=O)c1ccc(C(C)(C)C)cc1. The van der Waals surface area contributed by atoms with Gasteiger partial charge in [-0.1, -0.05) is 46.8 Å². The van der Waals surface area contributed by atoms with E-state index in [1.165, 1.54) is 11.3 Å². The first-order chi connectivity index (χ1) is 16.6. The zero-order chi connectivity index (χ0) is 27.1. The van der Waals surface area contributed by atoms with Crippen LogP contribution >= 0.6 is 11.3 Å². The lowest BCUT2D eigenvalue weighted by atomic mass is 9.83. The number of nitrogens with zero attached hydrogens (tertiary/aromatic N) is 2. The minimum absolute atomic E-state index is 0.0413. The van der Waals surface area contributed by atoms with Crippen molar-refractivity contribution < 1.29 is 19.1 Å². The number of hydrogen-bond acceptors (Lipinski definition) is 6. The van der Waals surface area contributed by atoms with Crippen LogP contribution in [0.2, 0.25) is 0 Å². The second kappa shape index (κ2) is 9.96. The summed E-state index contributed by atoms with van der Waals surface area (Å²) in [5.74, 6) is -2.16. The number of benzene rings is 1. The van der Waals surface area contributed by atoms with Crippen LogP contribution < -0.4 is 5.73 Å². The van der Waals surface area contributed by atoms with Crippen molar-refractivity contribution in [3.63, 3.8) is 0 Å². The first-order valence-electron chi connectivity index (χ1n) is 12.4. The number of aromatic nitrogens is 1. The Morgan fingerprint density at radius 1 is 1.14 bits per heavy atom. The molecule has 2 aromatic rings. The van der Waals surface area contributed by atoms with E-state index >= 15 is 0 Å². The second-order valence-corrected chi connectivity index (χ2v) is 13.1. The van der Waals surface area contributed by atoms with Gasteiger partial charge in [0.05, 0.1) is 12.0 Å².